The van der Waals surface area contributed by atoms with Gasteiger partial charge < -0.3 is 4.74 Å². The van der Waals surface area contributed by atoms with Gasteiger partial charge in [-0.3, -0.25) is 0 Å². The molecular weight excluding hydrogens is 206 g/mol. The summed E-state index contributed by atoms with van der Waals surface area (Å²) in [6.45, 7) is 5.70. The maximum Gasteiger partial charge on any atom is 0.358 e. The summed E-state index contributed by atoms with van der Waals surface area (Å²) in [7, 11) is 0. The van der Waals surface area contributed by atoms with Crippen molar-refractivity contribution in [3.63, 3.8) is 0 Å². The lowest BCUT2D eigenvalue weighted by Gasteiger charge is -2.01. The van der Waals surface area contributed by atoms with Gasteiger partial charge in [0.25, 0.3) is 0 Å². The Morgan fingerprint density at radius 1 is 1.62 bits per heavy atom. The van der Waals surface area contributed by atoms with Gasteiger partial charge in [-0.1, -0.05) is 6.58 Å². The molecule has 0 spiro atoms. The lowest BCUT2D eigenvalue weighted by atomic mass is 10.4. The molecule has 0 bridgehead atoms. The average Bonchev–Trinajstić information content (AvgIpc) is 2.71. The Morgan fingerprint density at radius 2 is 2.44 bits per heavy atom. The number of nitrogens with zero attached hydrogens (tertiary/aromatic N) is 3. The summed E-state index contributed by atoms with van der Waals surface area (Å²) < 4.78 is 6.36. The normalized spacial score (nSPS) is 10.3. The summed E-state index contributed by atoms with van der Waals surface area (Å²) in [5.41, 5.74) is 1.60. The third-order valence-electron chi connectivity index (χ3n) is 2.08. The van der Waals surface area contributed by atoms with E-state index in [1.54, 1.807) is 25.1 Å². The number of carbonyl (C=O) groups is 1. The zero-order chi connectivity index (χ0) is 11.5. The number of rotatable bonds is 3. The molecule has 5 nitrogen and oxygen atoms in total. The van der Waals surface area contributed by atoms with Crippen molar-refractivity contribution in [2.24, 2.45) is 0 Å². The molecule has 0 unspecified atom stereocenters. The number of imidazole rings is 1. The van der Waals surface area contributed by atoms with Gasteiger partial charge in [0, 0.05) is 0 Å². The van der Waals surface area contributed by atoms with Gasteiger partial charge in [0.1, 0.15) is 0 Å². The molecule has 0 radical (unpaired) electrons. The highest BCUT2D eigenvalue weighted by Crippen LogP contribution is 2.07. The first kappa shape index (κ1) is 10.4. The van der Waals surface area contributed by atoms with Crippen LogP contribution in [-0.4, -0.2) is 27.2 Å². The Hall–Kier alpha value is -2.17. The molecular formula is C11H11N3O2. The van der Waals surface area contributed by atoms with Gasteiger partial charge in [0.05, 0.1) is 18.5 Å². The van der Waals surface area contributed by atoms with Gasteiger partial charge in [0.2, 0.25) is 0 Å². The maximum atomic E-state index is 11.6. The first-order chi connectivity index (χ1) is 7.76. The summed E-state index contributed by atoms with van der Waals surface area (Å²) in [5, 5.41) is 4.19. The molecule has 0 atom stereocenters. The van der Waals surface area contributed by atoms with Crippen molar-refractivity contribution in [2.45, 2.75) is 6.92 Å². The molecule has 2 aromatic heterocycles. The molecule has 5 heteroatoms. The Morgan fingerprint density at radius 3 is 3.12 bits per heavy atom. The van der Waals surface area contributed by atoms with Gasteiger partial charge in [-0.25, -0.2) is 14.3 Å². The monoisotopic (exact) mass is 217 g/mol. The standard InChI is InChI=1S/C11H11N3O2/c1-3-8-5-6-10-12-7-9(14(10)13-8)11(15)16-4-2/h3,5-7H,1,4H2,2H3. The molecule has 0 saturated carbocycles. The summed E-state index contributed by atoms with van der Waals surface area (Å²) in [6, 6.07) is 3.55. The number of fused-ring (bicyclic) bond motifs is 1. The molecule has 82 valence electrons. The summed E-state index contributed by atoms with van der Waals surface area (Å²) in [6.07, 6.45) is 3.06. The van der Waals surface area contributed by atoms with E-state index in [1.807, 2.05) is 0 Å². The van der Waals surface area contributed by atoms with E-state index < -0.39 is 5.97 Å². The highest BCUT2D eigenvalue weighted by Gasteiger charge is 2.13. The van der Waals surface area contributed by atoms with Gasteiger partial charge in [0.15, 0.2) is 11.3 Å². The zero-order valence-electron chi connectivity index (χ0n) is 8.88. The van der Waals surface area contributed by atoms with Crippen molar-refractivity contribution in [3.05, 3.63) is 36.3 Å². The molecule has 0 aliphatic rings. The average molecular weight is 217 g/mol. The number of aromatic nitrogens is 3. The minimum atomic E-state index is -0.427. The Labute approximate surface area is 92.4 Å². The molecule has 0 aliphatic carbocycles. The predicted molar refractivity (Wildman–Crippen MR) is 59.0 cm³/mol. The van der Waals surface area contributed by atoms with Crippen LogP contribution in [0.5, 0.6) is 0 Å². The van der Waals surface area contributed by atoms with Crippen LogP contribution in [0.15, 0.2) is 24.9 Å². The number of ether oxygens (including phenoxy) is 1. The largest absolute Gasteiger partial charge is 0.461 e. The van der Waals surface area contributed by atoms with Gasteiger partial charge in [-0.2, -0.15) is 5.10 Å². The third kappa shape index (κ3) is 1.67. The van der Waals surface area contributed by atoms with Gasteiger partial charge in [-0.15, -0.1) is 0 Å². The lowest BCUT2D eigenvalue weighted by molar-refractivity contribution is 0.0516. The van der Waals surface area contributed by atoms with Crippen molar-refractivity contribution < 1.29 is 9.53 Å². The topological polar surface area (TPSA) is 56.5 Å². The smallest absolute Gasteiger partial charge is 0.358 e. The number of esters is 1. The van der Waals surface area contributed by atoms with Crippen molar-refractivity contribution in [3.8, 4) is 0 Å². The number of carbonyl (C=O) groups excluding carboxylic acids is 1. The van der Waals surface area contributed by atoms with Crippen molar-refractivity contribution in [1.82, 2.24) is 14.6 Å². The van der Waals surface area contributed by atoms with Crippen LogP contribution in [0.25, 0.3) is 11.7 Å². The fourth-order valence-electron chi connectivity index (χ4n) is 1.34. The first-order valence-electron chi connectivity index (χ1n) is 4.90. The number of hydrogen-bond donors (Lipinski definition) is 0. The quantitative estimate of drug-likeness (QED) is 0.732. The van der Waals surface area contributed by atoms with Crippen LogP contribution in [0.3, 0.4) is 0 Å². The Bertz CT molecular complexity index is 545. The molecule has 0 N–H and O–H groups in total. The second kappa shape index (κ2) is 4.14. The van der Waals surface area contributed by atoms with Crippen LogP contribution in [0.4, 0.5) is 0 Å². The molecule has 2 rings (SSSR count). The van der Waals surface area contributed by atoms with E-state index in [2.05, 4.69) is 16.7 Å². The number of hydrogen-bond acceptors (Lipinski definition) is 4. The highest BCUT2D eigenvalue weighted by atomic mass is 16.5. The SMILES string of the molecule is C=Cc1ccc2ncc(C(=O)OCC)n2n1. The fourth-order valence-corrected chi connectivity index (χ4v) is 1.34. The predicted octanol–water partition coefficient (Wildman–Crippen LogP) is 1.55. The van der Waals surface area contributed by atoms with E-state index in [1.165, 1.54) is 10.7 Å². The van der Waals surface area contributed by atoms with Crippen molar-refractivity contribution in [1.29, 1.82) is 0 Å². The van der Waals surface area contributed by atoms with E-state index >= 15 is 0 Å². The van der Waals surface area contributed by atoms with E-state index in [-0.39, 0.29) is 0 Å². The summed E-state index contributed by atoms with van der Waals surface area (Å²) in [5.74, 6) is -0.427. The Kier molecular flexibility index (Phi) is 2.68. The van der Waals surface area contributed by atoms with E-state index in [0.29, 0.717) is 23.6 Å². The van der Waals surface area contributed by atoms with Crippen LogP contribution in [0.2, 0.25) is 0 Å². The second-order valence-corrected chi connectivity index (χ2v) is 3.10. The maximum absolute atomic E-state index is 11.6. The molecule has 2 aromatic rings. The highest BCUT2D eigenvalue weighted by molar-refractivity contribution is 5.88. The molecule has 0 fully saturated rings. The lowest BCUT2D eigenvalue weighted by Crippen LogP contribution is -2.09. The molecule has 0 aliphatic heterocycles. The molecule has 0 amide bonds. The van der Waals surface area contributed by atoms with Crippen LogP contribution in [0.1, 0.15) is 23.1 Å². The van der Waals surface area contributed by atoms with Crippen molar-refractivity contribution >= 4 is 17.7 Å². The zero-order valence-corrected chi connectivity index (χ0v) is 8.88. The van der Waals surface area contributed by atoms with E-state index in [9.17, 15) is 4.79 Å². The van der Waals surface area contributed by atoms with Crippen molar-refractivity contribution in [2.75, 3.05) is 6.61 Å². The molecule has 2 heterocycles. The van der Waals surface area contributed by atoms with Crippen LogP contribution in [0, 0.1) is 0 Å². The summed E-state index contributed by atoms with van der Waals surface area (Å²) >= 11 is 0. The summed E-state index contributed by atoms with van der Waals surface area (Å²) in [4.78, 5) is 15.6. The third-order valence-corrected chi connectivity index (χ3v) is 2.08. The van der Waals surface area contributed by atoms with Crippen LogP contribution in [-0.2, 0) is 4.74 Å². The Balaban J connectivity index is 2.53. The fraction of sp³-hybridized carbons (Fsp3) is 0.182. The second-order valence-electron chi connectivity index (χ2n) is 3.10. The van der Waals surface area contributed by atoms with E-state index in [4.69, 9.17) is 4.74 Å². The van der Waals surface area contributed by atoms with Crippen LogP contribution < -0.4 is 0 Å². The molecule has 16 heavy (non-hydrogen) atoms. The molecule has 0 aromatic carbocycles. The first-order valence-corrected chi connectivity index (χ1v) is 4.90. The van der Waals surface area contributed by atoms with Gasteiger partial charge in [-0.05, 0) is 25.1 Å². The molecule has 0 saturated heterocycles. The minimum absolute atomic E-state index is 0.320. The van der Waals surface area contributed by atoms with Crippen LogP contribution >= 0.6 is 0 Å². The van der Waals surface area contributed by atoms with E-state index in [0.717, 1.165) is 0 Å². The minimum Gasteiger partial charge on any atom is -0.461 e. The van der Waals surface area contributed by atoms with Gasteiger partial charge >= 0.3 is 5.97 Å².